The highest BCUT2D eigenvalue weighted by molar-refractivity contribution is 5.88. The molecule has 0 aliphatic carbocycles. The van der Waals surface area contributed by atoms with Gasteiger partial charge < -0.3 is 10.1 Å². The average Bonchev–Trinajstić information content (AvgIpc) is 2.39. The van der Waals surface area contributed by atoms with Crippen molar-refractivity contribution < 1.29 is 4.74 Å². The van der Waals surface area contributed by atoms with Gasteiger partial charge in [-0.25, -0.2) is 9.97 Å². The number of methoxy groups -OCH3 is 1. The number of ether oxygens (including phenoxy) is 1. The average molecular weight is 231 g/mol. The van der Waals surface area contributed by atoms with Crippen LogP contribution in [0.3, 0.4) is 0 Å². The van der Waals surface area contributed by atoms with Crippen LogP contribution in [-0.4, -0.2) is 30.2 Å². The number of unbranched alkanes of at least 4 members (excludes halogenated alkanes) is 1. The van der Waals surface area contributed by atoms with Crippen LogP contribution >= 0.6 is 0 Å². The van der Waals surface area contributed by atoms with Crippen LogP contribution < -0.4 is 5.32 Å². The fourth-order valence-corrected chi connectivity index (χ4v) is 1.72. The van der Waals surface area contributed by atoms with Crippen molar-refractivity contribution in [1.29, 1.82) is 0 Å². The Labute approximate surface area is 101 Å². The summed E-state index contributed by atoms with van der Waals surface area (Å²) in [4.78, 5) is 8.50. The topological polar surface area (TPSA) is 47.0 Å². The van der Waals surface area contributed by atoms with Crippen molar-refractivity contribution >= 4 is 16.7 Å². The standard InChI is InChI=1S/C13H17N3O/c1-17-9-5-4-8-14-13-11-6-2-3-7-12(11)15-10-16-13/h2-3,6-7,10H,4-5,8-9H2,1H3,(H,14,15,16). The number of rotatable bonds is 6. The maximum absolute atomic E-state index is 5.01. The third-order valence-corrected chi connectivity index (χ3v) is 2.61. The zero-order chi connectivity index (χ0) is 11.9. The Morgan fingerprint density at radius 3 is 2.94 bits per heavy atom. The van der Waals surface area contributed by atoms with Gasteiger partial charge in [-0.2, -0.15) is 0 Å². The Hall–Kier alpha value is -1.68. The van der Waals surface area contributed by atoms with E-state index in [0.29, 0.717) is 0 Å². The molecule has 0 saturated heterocycles. The molecule has 0 radical (unpaired) electrons. The fourth-order valence-electron chi connectivity index (χ4n) is 1.72. The van der Waals surface area contributed by atoms with Crippen molar-refractivity contribution in [3.63, 3.8) is 0 Å². The fraction of sp³-hybridized carbons (Fsp3) is 0.385. The third kappa shape index (κ3) is 3.14. The minimum atomic E-state index is 0.812. The molecular formula is C13H17N3O. The Morgan fingerprint density at radius 1 is 1.18 bits per heavy atom. The first-order chi connectivity index (χ1) is 8.42. The van der Waals surface area contributed by atoms with E-state index in [2.05, 4.69) is 15.3 Å². The van der Waals surface area contributed by atoms with Crippen LogP contribution in [0.1, 0.15) is 12.8 Å². The van der Waals surface area contributed by atoms with E-state index in [1.54, 1.807) is 13.4 Å². The summed E-state index contributed by atoms with van der Waals surface area (Å²) in [6, 6.07) is 8.01. The number of nitrogens with one attached hydrogen (secondary N) is 1. The van der Waals surface area contributed by atoms with Gasteiger partial charge in [0.1, 0.15) is 12.1 Å². The van der Waals surface area contributed by atoms with E-state index < -0.39 is 0 Å². The van der Waals surface area contributed by atoms with Crippen molar-refractivity contribution in [2.75, 3.05) is 25.6 Å². The van der Waals surface area contributed by atoms with Crippen molar-refractivity contribution in [3.05, 3.63) is 30.6 Å². The predicted octanol–water partition coefficient (Wildman–Crippen LogP) is 2.47. The van der Waals surface area contributed by atoms with Crippen LogP contribution in [0, 0.1) is 0 Å². The Balaban J connectivity index is 1.98. The van der Waals surface area contributed by atoms with Crippen LogP contribution in [0.2, 0.25) is 0 Å². The Bertz CT molecular complexity index is 468. The van der Waals surface area contributed by atoms with Crippen LogP contribution in [0.15, 0.2) is 30.6 Å². The number of hydrogen-bond donors (Lipinski definition) is 1. The lowest BCUT2D eigenvalue weighted by Gasteiger charge is -2.07. The van der Waals surface area contributed by atoms with E-state index >= 15 is 0 Å². The van der Waals surface area contributed by atoms with Crippen LogP contribution in [0.4, 0.5) is 5.82 Å². The molecule has 90 valence electrons. The molecule has 2 aromatic rings. The second-order valence-electron chi connectivity index (χ2n) is 3.87. The van der Waals surface area contributed by atoms with Crippen molar-refractivity contribution in [1.82, 2.24) is 9.97 Å². The lowest BCUT2D eigenvalue weighted by atomic mass is 10.2. The number of para-hydroxylation sites is 1. The number of benzene rings is 1. The number of fused-ring (bicyclic) bond motifs is 1. The predicted molar refractivity (Wildman–Crippen MR) is 69.1 cm³/mol. The van der Waals surface area contributed by atoms with E-state index in [4.69, 9.17) is 4.74 Å². The molecule has 0 amide bonds. The van der Waals surface area contributed by atoms with Gasteiger partial charge >= 0.3 is 0 Å². The monoisotopic (exact) mass is 231 g/mol. The second kappa shape index (κ2) is 6.15. The zero-order valence-corrected chi connectivity index (χ0v) is 10.0. The van der Waals surface area contributed by atoms with Gasteiger partial charge in [-0.05, 0) is 25.0 Å². The third-order valence-electron chi connectivity index (χ3n) is 2.61. The van der Waals surface area contributed by atoms with Crippen molar-refractivity contribution in [2.45, 2.75) is 12.8 Å². The van der Waals surface area contributed by atoms with Crippen molar-refractivity contribution in [2.24, 2.45) is 0 Å². The highest BCUT2D eigenvalue weighted by Crippen LogP contribution is 2.18. The molecule has 0 saturated carbocycles. The summed E-state index contributed by atoms with van der Waals surface area (Å²) >= 11 is 0. The molecule has 4 nitrogen and oxygen atoms in total. The van der Waals surface area contributed by atoms with E-state index in [9.17, 15) is 0 Å². The van der Waals surface area contributed by atoms with Gasteiger partial charge in [0, 0.05) is 25.6 Å². The minimum absolute atomic E-state index is 0.812. The molecule has 1 N–H and O–H groups in total. The molecule has 17 heavy (non-hydrogen) atoms. The summed E-state index contributed by atoms with van der Waals surface area (Å²) in [6.45, 7) is 1.72. The van der Waals surface area contributed by atoms with Crippen LogP contribution in [0.5, 0.6) is 0 Å². The SMILES string of the molecule is COCCCCNc1ncnc2ccccc12. The van der Waals surface area contributed by atoms with Gasteiger partial charge in [0.15, 0.2) is 0 Å². The Kier molecular flexibility index (Phi) is 4.27. The highest BCUT2D eigenvalue weighted by atomic mass is 16.5. The van der Waals surface area contributed by atoms with E-state index in [1.165, 1.54) is 0 Å². The molecule has 4 heteroatoms. The van der Waals surface area contributed by atoms with E-state index in [-0.39, 0.29) is 0 Å². The van der Waals surface area contributed by atoms with Gasteiger partial charge in [-0.1, -0.05) is 12.1 Å². The Morgan fingerprint density at radius 2 is 2.06 bits per heavy atom. The normalized spacial score (nSPS) is 10.6. The first-order valence-electron chi connectivity index (χ1n) is 5.84. The number of anilines is 1. The van der Waals surface area contributed by atoms with Crippen LogP contribution in [0.25, 0.3) is 10.9 Å². The van der Waals surface area contributed by atoms with Crippen LogP contribution in [-0.2, 0) is 4.74 Å². The minimum Gasteiger partial charge on any atom is -0.385 e. The highest BCUT2D eigenvalue weighted by Gasteiger charge is 2.01. The number of hydrogen-bond acceptors (Lipinski definition) is 4. The largest absolute Gasteiger partial charge is 0.385 e. The molecule has 0 aliphatic rings. The molecular weight excluding hydrogens is 214 g/mol. The lowest BCUT2D eigenvalue weighted by Crippen LogP contribution is -2.05. The summed E-state index contributed by atoms with van der Waals surface area (Å²) in [7, 11) is 1.73. The maximum atomic E-state index is 5.01. The van der Waals surface area contributed by atoms with Gasteiger partial charge in [0.25, 0.3) is 0 Å². The van der Waals surface area contributed by atoms with Gasteiger partial charge in [0.2, 0.25) is 0 Å². The number of aromatic nitrogens is 2. The van der Waals surface area contributed by atoms with Crippen molar-refractivity contribution in [3.8, 4) is 0 Å². The number of nitrogens with zero attached hydrogens (tertiary/aromatic N) is 2. The summed E-state index contributed by atoms with van der Waals surface area (Å²) in [5.41, 5.74) is 0.974. The first kappa shape index (κ1) is 11.8. The first-order valence-corrected chi connectivity index (χ1v) is 5.84. The molecule has 1 aromatic heterocycles. The molecule has 2 rings (SSSR count). The molecule has 0 unspecified atom stereocenters. The lowest BCUT2D eigenvalue weighted by molar-refractivity contribution is 0.194. The molecule has 1 heterocycles. The molecule has 0 aliphatic heterocycles. The summed E-state index contributed by atoms with van der Waals surface area (Å²) < 4.78 is 5.01. The molecule has 0 spiro atoms. The molecule has 0 atom stereocenters. The maximum Gasteiger partial charge on any atom is 0.137 e. The molecule has 0 fully saturated rings. The molecule has 0 bridgehead atoms. The quantitative estimate of drug-likeness (QED) is 0.776. The van der Waals surface area contributed by atoms with Gasteiger partial charge in [0.05, 0.1) is 5.52 Å². The van der Waals surface area contributed by atoms with Gasteiger partial charge in [-0.3, -0.25) is 0 Å². The summed E-state index contributed by atoms with van der Waals surface area (Å²) in [6.07, 6.45) is 3.73. The smallest absolute Gasteiger partial charge is 0.137 e. The summed E-state index contributed by atoms with van der Waals surface area (Å²) in [5.74, 6) is 0.910. The zero-order valence-electron chi connectivity index (χ0n) is 10.0. The van der Waals surface area contributed by atoms with Gasteiger partial charge in [-0.15, -0.1) is 0 Å². The van der Waals surface area contributed by atoms with E-state index in [0.717, 1.165) is 42.7 Å². The van der Waals surface area contributed by atoms with E-state index in [1.807, 2.05) is 24.3 Å². The molecule has 1 aromatic carbocycles. The second-order valence-corrected chi connectivity index (χ2v) is 3.87. The summed E-state index contributed by atoms with van der Waals surface area (Å²) in [5, 5.41) is 4.41.